The zero-order chi connectivity index (χ0) is 12.3. The Morgan fingerprint density at radius 2 is 2.12 bits per heavy atom. The topological polar surface area (TPSA) is 71.9 Å². The Morgan fingerprint density at radius 1 is 1.29 bits per heavy atom. The molecule has 0 saturated carbocycles. The van der Waals surface area contributed by atoms with Crippen molar-refractivity contribution in [2.75, 3.05) is 5.73 Å². The lowest BCUT2D eigenvalue weighted by Gasteiger charge is -2.07. The van der Waals surface area contributed by atoms with Crippen LogP contribution in [0.25, 0.3) is 0 Å². The van der Waals surface area contributed by atoms with Gasteiger partial charge in [-0.2, -0.15) is 5.26 Å². The second-order valence-corrected chi connectivity index (χ2v) is 3.72. The molecule has 1 heterocycles. The van der Waals surface area contributed by atoms with Crippen LogP contribution in [0.4, 0.5) is 5.69 Å². The van der Waals surface area contributed by atoms with Crippen molar-refractivity contribution in [3.63, 3.8) is 0 Å². The summed E-state index contributed by atoms with van der Waals surface area (Å²) in [6.07, 6.45) is 1.43. The van der Waals surface area contributed by atoms with Gasteiger partial charge in [-0.05, 0) is 24.3 Å². The van der Waals surface area contributed by atoms with Crippen LogP contribution in [-0.4, -0.2) is 4.98 Å². The maximum atomic E-state index is 8.63. The quantitative estimate of drug-likeness (QED) is 0.826. The largest absolute Gasteiger partial charge is 0.437 e. The smallest absolute Gasteiger partial charge is 0.219 e. The Morgan fingerprint density at radius 3 is 2.71 bits per heavy atom. The van der Waals surface area contributed by atoms with Crippen molar-refractivity contribution >= 4 is 17.3 Å². The number of hydrogen-bond acceptors (Lipinski definition) is 4. The van der Waals surface area contributed by atoms with Gasteiger partial charge in [-0.1, -0.05) is 11.6 Å². The molecule has 2 rings (SSSR count). The first-order valence-corrected chi connectivity index (χ1v) is 5.16. The van der Waals surface area contributed by atoms with E-state index in [1.54, 1.807) is 30.3 Å². The molecule has 2 aromatic rings. The van der Waals surface area contributed by atoms with Crippen LogP contribution in [0.2, 0.25) is 5.02 Å². The number of nitrogens with zero attached hydrogens (tertiary/aromatic N) is 2. The van der Waals surface area contributed by atoms with E-state index in [0.717, 1.165) is 0 Å². The summed E-state index contributed by atoms with van der Waals surface area (Å²) in [5.74, 6) is 0.852. The summed E-state index contributed by atoms with van der Waals surface area (Å²) in [7, 11) is 0. The molecule has 1 aromatic carbocycles. The van der Waals surface area contributed by atoms with Gasteiger partial charge in [0.15, 0.2) is 5.75 Å². The second-order valence-electron chi connectivity index (χ2n) is 3.28. The van der Waals surface area contributed by atoms with E-state index in [1.165, 1.54) is 6.20 Å². The fourth-order valence-corrected chi connectivity index (χ4v) is 1.41. The SMILES string of the molecule is N#Cc1ccc(Oc2ccc(Cl)cc2N)nc1. The summed E-state index contributed by atoms with van der Waals surface area (Å²) >= 11 is 5.77. The summed E-state index contributed by atoms with van der Waals surface area (Å²) in [6.45, 7) is 0. The monoisotopic (exact) mass is 245 g/mol. The van der Waals surface area contributed by atoms with Gasteiger partial charge in [-0.3, -0.25) is 0 Å². The number of halogens is 1. The van der Waals surface area contributed by atoms with Crippen molar-refractivity contribution in [2.24, 2.45) is 0 Å². The molecule has 0 bridgehead atoms. The summed E-state index contributed by atoms with van der Waals surface area (Å²) in [4.78, 5) is 3.98. The van der Waals surface area contributed by atoms with E-state index in [-0.39, 0.29) is 0 Å². The molecule has 5 heteroatoms. The lowest BCUT2D eigenvalue weighted by Crippen LogP contribution is -1.93. The fraction of sp³-hybridized carbons (Fsp3) is 0. The van der Waals surface area contributed by atoms with E-state index < -0.39 is 0 Å². The van der Waals surface area contributed by atoms with Gasteiger partial charge in [0, 0.05) is 17.3 Å². The van der Waals surface area contributed by atoms with Crippen LogP contribution < -0.4 is 10.5 Å². The molecule has 0 fully saturated rings. The number of ether oxygens (including phenoxy) is 1. The normalized spacial score (nSPS) is 9.65. The van der Waals surface area contributed by atoms with Gasteiger partial charge in [-0.25, -0.2) is 4.98 Å². The first-order chi connectivity index (χ1) is 8.19. The summed E-state index contributed by atoms with van der Waals surface area (Å²) in [5.41, 5.74) is 6.64. The van der Waals surface area contributed by atoms with Crippen LogP contribution in [0.3, 0.4) is 0 Å². The van der Waals surface area contributed by atoms with Crippen molar-refractivity contribution in [1.29, 1.82) is 5.26 Å². The first kappa shape index (κ1) is 11.2. The van der Waals surface area contributed by atoms with Crippen LogP contribution in [0.5, 0.6) is 11.6 Å². The van der Waals surface area contributed by atoms with E-state index in [4.69, 9.17) is 27.3 Å². The molecule has 0 spiro atoms. The molecule has 17 heavy (non-hydrogen) atoms. The number of anilines is 1. The van der Waals surface area contributed by atoms with Crippen molar-refractivity contribution in [2.45, 2.75) is 0 Å². The number of aromatic nitrogens is 1. The van der Waals surface area contributed by atoms with E-state index in [0.29, 0.717) is 27.9 Å². The van der Waals surface area contributed by atoms with Crippen LogP contribution in [-0.2, 0) is 0 Å². The predicted molar refractivity (Wildman–Crippen MR) is 64.9 cm³/mol. The minimum absolute atomic E-state index is 0.373. The highest BCUT2D eigenvalue weighted by molar-refractivity contribution is 6.30. The fourth-order valence-electron chi connectivity index (χ4n) is 1.23. The van der Waals surface area contributed by atoms with E-state index >= 15 is 0 Å². The van der Waals surface area contributed by atoms with E-state index in [9.17, 15) is 0 Å². The van der Waals surface area contributed by atoms with Gasteiger partial charge in [0.05, 0.1) is 11.3 Å². The third-order valence-corrected chi connectivity index (χ3v) is 2.29. The molecule has 4 nitrogen and oxygen atoms in total. The molecule has 0 radical (unpaired) electrons. The summed E-state index contributed by atoms with van der Waals surface area (Å²) in [6, 6.07) is 10.1. The maximum absolute atomic E-state index is 8.63. The summed E-state index contributed by atoms with van der Waals surface area (Å²) < 4.78 is 5.46. The lowest BCUT2D eigenvalue weighted by atomic mass is 10.3. The predicted octanol–water partition coefficient (Wildman–Crippen LogP) is 2.98. The Hall–Kier alpha value is -2.25. The third kappa shape index (κ3) is 2.65. The number of benzene rings is 1. The van der Waals surface area contributed by atoms with Crippen molar-refractivity contribution < 1.29 is 4.74 Å². The minimum atomic E-state index is 0.373. The number of nitrogens with two attached hydrogens (primary N) is 1. The molecule has 0 saturated heterocycles. The Kier molecular flexibility index (Phi) is 3.12. The molecule has 0 aliphatic heterocycles. The maximum Gasteiger partial charge on any atom is 0.219 e. The molecule has 0 atom stereocenters. The number of nitrogen functional groups attached to an aromatic ring is 1. The van der Waals surface area contributed by atoms with Crippen LogP contribution in [0, 0.1) is 11.3 Å². The first-order valence-electron chi connectivity index (χ1n) is 4.78. The number of hydrogen-bond donors (Lipinski definition) is 1. The van der Waals surface area contributed by atoms with Crippen LogP contribution in [0.1, 0.15) is 5.56 Å². The van der Waals surface area contributed by atoms with Gasteiger partial charge >= 0.3 is 0 Å². The molecular formula is C12H8ClN3O. The molecule has 1 aromatic heterocycles. The molecule has 84 valence electrons. The average Bonchev–Trinajstić information content (AvgIpc) is 2.34. The highest BCUT2D eigenvalue weighted by Crippen LogP contribution is 2.28. The van der Waals surface area contributed by atoms with Gasteiger partial charge in [0.1, 0.15) is 6.07 Å². The Balaban J connectivity index is 2.23. The van der Waals surface area contributed by atoms with Gasteiger partial charge < -0.3 is 10.5 Å². The standard InChI is InChI=1S/C12H8ClN3O/c13-9-2-3-11(10(15)5-9)17-12-4-1-8(6-14)7-16-12/h1-5,7H,15H2. The molecule has 0 aliphatic rings. The lowest BCUT2D eigenvalue weighted by molar-refractivity contribution is 0.465. The Labute approximate surface area is 103 Å². The molecule has 0 aliphatic carbocycles. The number of rotatable bonds is 2. The Bertz CT molecular complexity index is 575. The highest BCUT2D eigenvalue weighted by atomic mass is 35.5. The van der Waals surface area contributed by atoms with E-state index in [1.807, 2.05) is 6.07 Å². The van der Waals surface area contributed by atoms with Crippen molar-refractivity contribution in [1.82, 2.24) is 4.98 Å². The van der Waals surface area contributed by atoms with Gasteiger partial charge in [-0.15, -0.1) is 0 Å². The second kappa shape index (κ2) is 4.73. The van der Waals surface area contributed by atoms with Crippen molar-refractivity contribution in [3.8, 4) is 17.7 Å². The summed E-state index contributed by atoms with van der Waals surface area (Å²) in [5, 5.41) is 9.17. The average molecular weight is 246 g/mol. The zero-order valence-corrected chi connectivity index (χ0v) is 9.48. The van der Waals surface area contributed by atoms with Crippen LogP contribution >= 0.6 is 11.6 Å². The van der Waals surface area contributed by atoms with Crippen LogP contribution in [0.15, 0.2) is 36.5 Å². The molecule has 2 N–H and O–H groups in total. The number of pyridine rings is 1. The molecule has 0 unspecified atom stereocenters. The number of nitriles is 1. The zero-order valence-electron chi connectivity index (χ0n) is 8.72. The molecule has 0 amide bonds. The highest BCUT2D eigenvalue weighted by Gasteiger charge is 2.03. The third-order valence-electron chi connectivity index (χ3n) is 2.05. The van der Waals surface area contributed by atoms with E-state index in [2.05, 4.69) is 4.98 Å². The van der Waals surface area contributed by atoms with Crippen molar-refractivity contribution in [3.05, 3.63) is 47.1 Å². The molecular weight excluding hydrogens is 238 g/mol. The van der Waals surface area contributed by atoms with Gasteiger partial charge in [0.2, 0.25) is 5.88 Å². The minimum Gasteiger partial charge on any atom is -0.437 e. The van der Waals surface area contributed by atoms with Gasteiger partial charge in [0.25, 0.3) is 0 Å².